The zero-order valence-electron chi connectivity index (χ0n) is 15.2. The second kappa shape index (κ2) is 8.01. The van der Waals surface area contributed by atoms with Crippen molar-refractivity contribution < 1.29 is 22.7 Å². The predicted molar refractivity (Wildman–Crippen MR) is 97.4 cm³/mol. The molecule has 0 unspecified atom stereocenters. The SMILES string of the molecule is COc1nccc(OC2CCN(S(=O)(=O)c3ccc(C(C)=O)cc3)CC2)n1. The minimum atomic E-state index is -3.59. The monoisotopic (exact) mass is 391 g/mol. The summed E-state index contributed by atoms with van der Waals surface area (Å²) in [7, 11) is -2.11. The molecule has 0 N–H and O–H groups in total. The molecule has 0 bridgehead atoms. The summed E-state index contributed by atoms with van der Waals surface area (Å²) in [4.78, 5) is 19.6. The average molecular weight is 391 g/mol. The van der Waals surface area contributed by atoms with E-state index in [2.05, 4.69) is 9.97 Å². The van der Waals surface area contributed by atoms with Crippen molar-refractivity contribution in [2.75, 3.05) is 20.2 Å². The third-order valence-electron chi connectivity index (χ3n) is 4.38. The molecule has 9 heteroatoms. The molecule has 0 spiro atoms. The van der Waals surface area contributed by atoms with Crippen LogP contribution in [0.4, 0.5) is 0 Å². The fourth-order valence-electron chi connectivity index (χ4n) is 2.86. The van der Waals surface area contributed by atoms with Gasteiger partial charge in [0, 0.05) is 30.9 Å². The highest BCUT2D eigenvalue weighted by atomic mass is 32.2. The van der Waals surface area contributed by atoms with Gasteiger partial charge in [-0.2, -0.15) is 9.29 Å². The molecule has 2 aromatic rings. The van der Waals surface area contributed by atoms with Gasteiger partial charge in [-0.3, -0.25) is 4.79 Å². The Balaban J connectivity index is 1.63. The molecule has 8 nitrogen and oxygen atoms in total. The lowest BCUT2D eigenvalue weighted by Gasteiger charge is -2.31. The molecule has 1 fully saturated rings. The molecule has 3 rings (SSSR count). The molecule has 0 amide bonds. The quantitative estimate of drug-likeness (QED) is 0.694. The summed E-state index contributed by atoms with van der Waals surface area (Å²) in [5.74, 6) is 0.307. The number of ketones is 1. The molecule has 1 aliphatic rings. The highest BCUT2D eigenvalue weighted by Crippen LogP contribution is 2.24. The van der Waals surface area contributed by atoms with Crippen LogP contribution in [0.25, 0.3) is 0 Å². The van der Waals surface area contributed by atoms with Crippen molar-refractivity contribution >= 4 is 15.8 Å². The van der Waals surface area contributed by atoms with E-state index in [1.165, 1.54) is 42.6 Å². The first-order valence-corrected chi connectivity index (χ1v) is 9.99. The van der Waals surface area contributed by atoms with Crippen LogP contribution < -0.4 is 9.47 Å². The number of rotatable bonds is 6. The molecule has 1 aliphatic heterocycles. The molecule has 0 aliphatic carbocycles. The second-order valence-electron chi connectivity index (χ2n) is 6.18. The van der Waals surface area contributed by atoms with Crippen LogP contribution in [0.3, 0.4) is 0 Å². The summed E-state index contributed by atoms with van der Waals surface area (Å²) in [6.07, 6.45) is 2.52. The molecule has 1 aromatic carbocycles. The van der Waals surface area contributed by atoms with Crippen molar-refractivity contribution in [2.24, 2.45) is 0 Å². The highest BCUT2D eigenvalue weighted by molar-refractivity contribution is 7.89. The van der Waals surface area contributed by atoms with Gasteiger partial charge in [0.2, 0.25) is 15.9 Å². The number of aromatic nitrogens is 2. The zero-order valence-corrected chi connectivity index (χ0v) is 16.0. The van der Waals surface area contributed by atoms with Crippen LogP contribution in [-0.4, -0.2) is 54.8 Å². The summed E-state index contributed by atoms with van der Waals surface area (Å²) in [5, 5.41) is 0. The molecule has 1 saturated heterocycles. The van der Waals surface area contributed by atoms with Crippen LogP contribution in [0.1, 0.15) is 30.1 Å². The van der Waals surface area contributed by atoms with Crippen LogP contribution in [0, 0.1) is 0 Å². The topological polar surface area (TPSA) is 98.7 Å². The summed E-state index contributed by atoms with van der Waals surface area (Å²) in [6.45, 7) is 2.15. The summed E-state index contributed by atoms with van der Waals surface area (Å²) < 4.78 is 37.8. The first-order valence-electron chi connectivity index (χ1n) is 8.55. The van der Waals surface area contributed by atoms with Crippen LogP contribution in [0.2, 0.25) is 0 Å². The smallest absolute Gasteiger partial charge is 0.319 e. The number of Topliss-reactive ketones (excluding diaryl/α,β-unsaturated/α-hetero) is 1. The van der Waals surface area contributed by atoms with Crippen molar-refractivity contribution in [3.63, 3.8) is 0 Å². The number of piperidine rings is 1. The third-order valence-corrected chi connectivity index (χ3v) is 6.29. The fourth-order valence-corrected chi connectivity index (χ4v) is 4.33. The van der Waals surface area contributed by atoms with Gasteiger partial charge in [-0.05, 0) is 31.9 Å². The van der Waals surface area contributed by atoms with E-state index in [4.69, 9.17) is 9.47 Å². The molecule has 0 atom stereocenters. The van der Waals surface area contributed by atoms with Crippen LogP contribution in [-0.2, 0) is 10.0 Å². The molecule has 27 heavy (non-hydrogen) atoms. The molecule has 0 radical (unpaired) electrons. The lowest BCUT2D eigenvalue weighted by molar-refractivity contribution is 0.101. The summed E-state index contributed by atoms with van der Waals surface area (Å²) >= 11 is 0. The Morgan fingerprint density at radius 3 is 2.41 bits per heavy atom. The Morgan fingerprint density at radius 2 is 1.81 bits per heavy atom. The molecule has 2 heterocycles. The largest absolute Gasteiger partial charge is 0.474 e. The lowest BCUT2D eigenvalue weighted by atomic mass is 10.1. The Bertz CT molecular complexity index is 907. The Morgan fingerprint density at radius 1 is 1.15 bits per heavy atom. The fraction of sp³-hybridized carbons (Fsp3) is 0.389. The van der Waals surface area contributed by atoms with Gasteiger partial charge in [0.1, 0.15) is 6.10 Å². The number of nitrogens with zero attached hydrogens (tertiary/aromatic N) is 3. The van der Waals surface area contributed by atoms with E-state index < -0.39 is 10.0 Å². The van der Waals surface area contributed by atoms with E-state index in [1.807, 2.05) is 0 Å². The van der Waals surface area contributed by atoms with Crippen LogP contribution in [0.15, 0.2) is 41.4 Å². The number of ether oxygens (including phenoxy) is 2. The number of hydrogen-bond acceptors (Lipinski definition) is 7. The maximum atomic E-state index is 12.8. The zero-order chi connectivity index (χ0) is 19.4. The number of methoxy groups -OCH3 is 1. The molecular formula is C18H21N3O5S. The number of sulfonamides is 1. The van der Waals surface area contributed by atoms with Crippen molar-refractivity contribution in [1.29, 1.82) is 0 Å². The van der Waals surface area contributed by atoms with Gasteiger partial charge >= 0.3 is 6.01 Å². The number of benzene rings is 1. The van der Waals surface area contributed by atoms with E-state index in [1.54, 1.807) is 12.3 Å². The second-order valence-corrected chi connectivity index (χ2v) is 8.12. The van der Waals surface area contributed by atoms with E-state index in [-0.39, 0.29) is 22.8 Å². The van der Waals surface area contributed by atoms with Gasteiger partial charge in [-0.1, -0.05) is 12.1 Å². The highest BCUT2D eigenvalue weighted by Gasteiger charge is 2.30. The van der Waals surface area contributed by atoms with Crippen molar-refractivity contribution in [3.05, 3.63) is 42.1 Å². The molecule has 1 aromatic heterocycles. The van der Waals surface area contributed by atoms with Gasteiger partial charge in [-0.25, -0.2) is 13.4 Å². The normalized spacial score (nSPS) is 16.1. The van der Waals surface area contributed by atoms with Gasteiger partial charge < -0.3 is 9.47 Å². The summed E-state index contributed by atoms with van der Waals surface area (Å²) in [6, 6.07) is 7.88. The predicted octanol–water partition coefficient (Wildman–Crippen LogP) is 1.92. The van der Waals surface area contributed by atoms with Crippen LogP contribution in [0.5, 0.6) is 11.9 Å². The minimum absolute atomic E-state index is 0.0988. The first kappa shape index (κ1) is 19.2. The Labute approximate surface area is 158 Å². The van der Waals surface area contributed by atoms with Gasteiger partial charge in [0.25, 0.3) is 0 Å². The van der Waals surface area contributed by atoms with Gasteiger partial charge in [-0.15, -0.1) is 0 Å². The third kappa shape index (κ3) is 4.42. The van der Waals surface area contributed by atoms with E-state index in [0.29, 0.717) is 37.4 Å². The van der Waals surface area contributed by atoms with Crippen molar-refractivity contribution in [3.8, 4) is 11.9 Å². The molecule has 0 saturated carbocycles. The number of hydrogen-bond donors (Lipinski definition) is 0. The maximum absolute atomic E-state index is 12.8. The van der Waals surface area contributed by atoms with Crippen molar-refractivity contribution in [1.82, 2.24) is 14.3 Å². The minimum Gasteiger partial charge on any atom is -0.474 e. The van der Waals surface area contributed by atoms with E-state index in [0.717, 1.165) is 0 Å². The lowest BCUT2D eigenvalue weighted by Crippen LogP contribution is -2.41. The molecule has 144 valence electrons. The Hall–Kier alpha value is -2.52. The Kier molecular flexibility index (Phi) is 5.71. The average Bonchev–Trinajstić information content (AvgIpc) is 2.68. The van der Waals surface area contributed by atoms with E-state index >= 15 is 0 Å². The number of carbonyl (C=O) groups is 1. The van der Waals surface area contributed by atoms with Crippen LogP contribution >= 0.6 is 0 Å². The summed E-state index contributed by atoms with van der Waals surface area (Å²) in [5.41, 5.74) is 0.487. The van der Waals surface area contributed by atoms with Crippen molar-refractivity contribution in [2.45, 2.75) is 30.8 Å². The van der Waals surface area contributed by atoms with E-state index in [9.17, 15) is 13.2 Å². The number of carbonyl (C=O) groups excluding carboxylic acids is 1. The maximum Gasteiger partial charge on any atom is 0.319 e. The first-order chi connectivity index (χ1) is 12.9. The standard InChI is InChI=1S/C18H21N3O5S/c1-13(22)14-3-5-16(6-4-14)27(23,24)21-11-8-15(9-12-21)26-17-7-10-19-18(20-17)25-2/h3-7,10,15H,8-9,11-12H2,1-2H3. The van der Waals surface area contributed by atoms with Gasteiger partial charge in [0.05, 0.1) is 12.0 Å². The van der Waals surface area contributed by atoms with Gasteiger partial charge in [0.15, 0.2) is 5.78 Å². The molecular weight excluding hydrogens is 370 g/mol.